The molecule has 0 saturated carbocycles. The Bertz CT molecular complexity index is 402. The molecule has 0 radical (unpaired) electrons. The van der Waals surface area contributed by atoms with Gasteiger partial charge >= 0.3 is 0 Å². The summed E-state index contributed by atoms with van der Waals surface area (Å²) in [5.74, 6) is 1.26. The van der Waals surface area contributed by atoms with E-state index in [0.717, 1.165) is 41.9 Å². The van der Waals surface area contributed by atoms with Gasteiger partial charge in [-0.3, -0.25) is 4.90 Å². The fraction of sp³-hybridized carbons (Fsp3) is 0.667. The maximum atomic E-state index is 5.89. The van der Waals surface area contributed by atoms with E-state index in [1.54, 1.807) is 0 Å². The highest BCUT2D eigenvalue weighted by atomic mass is 127. The summed E-state index contributed by atoms with van der Waals surface area (Å²) < 4.78 is 6.69. The quantitative estimate of drug-likeness (QED) is 0.831. The Morgan fingerprint density at radius 2 is 2.28 bits per heavy atom. The van der Waals surface area contributed by atoms with Crippen molar-refractivity contribution in [3.63, 3.8) is 0 Å². The number of anilines is 1. The van der Waals surface area contributed by atoms with Crippen LogP contribution in [0.1, 0.15) is 31.0 Å². The number of hydrogen-bond acceptors (Lipinski definition) is 5. The Balaban J connectivity index is 2.15. The largest absolute Gasteiger partial charge is 0.383 e. The zero-order valence-electron chi connectivity index (χ0n) is 10.8. The first-order chi connectivity index (χ1) is 8.61. The van der Waals surface area contributed by atoms with Crippen molar-refractivity contribution in [2.24, 2.45) is 0 Å². The molecule has 2 rings (SSSR count). The van der Waals surface area contributed by atoms with Crippen molar-refractivity contribution in [1.29, 1.82) is 0 Å². The molecular formula is C12H19IN4O. The second-order valence-electron chi connectivity index (χ2n) is 4.53. The highest BCUT2D eigenvalue weighted by Crippen LogP contribution is 2.23. The summed E-state index contributed by atoms with van der Waals surface area (Å²) in [6.07, 6.45) is 1.10. The molecular weight excluding hydrogens is 343 g/mol. The van der Waals surface area contributed by atoms with Crippen molar-refractivity contribution in [3.05, 3.63) is 15.1 Å². The molecule has 0 spiro atoms. The van der Waals surface area contributed by atoms with Gasteiger partial charge in [0, 0.05) is 13.1 Å². The summed E-state index contributed by atoms with van der Waals surface area (Å²) in [5.41, 5.74) is 6.82. The van der Waals surface area contributed by atoms with E-state index in [2.05, 4.69) is 44.4 Å². The second-order valence-corrected chi connectivity index (χ2v) is 5.61. The molecule has 18 heavy (non-hydrogen) atoms. The highest BCUT2D eigenvalue weighted by Gasteiger charge is 2.24. The maximum absolute atomic E-state index is 5.89. The molecule has 0 amide bonds. The van der Waals surface area contributed by atoms with Crippen LogP contribution in [0.5, 0.6) is 0 Å². The van der Waals surface area contributed by atoms with Crippen LogP contribution in [0.25, 0.3) is 0 Å². The Labute approximate surface area is 121 Å². The van der Waals surface area contributed by atoms with E-state index in [9.17, 15) is 0 Å². The monoisotopic (exact) mass is 362 g/mol. The summed E-state index contributed by atoms with van der Waals surface area (Å²) in [4.78, 5) is 11.3. The van der Waals surface area contributed by atoms with Crippen molar-refractivity contribution >= 4 is 28.4 Å². The molecule has 1 fully saturated rings. The number of halogens is 1. The fourth-order valence-electron chi connectivity index (χ4n) is 2.13. The second kappa shape index (κ2) is 6.12. The van der Waals surface area contributed by atoms with Gasteiger partial charge in [0.05, 0.1) is 15.9 Å². The molecule has 1 atom stereocenters. The van der Waals surface area contributed by atoms with Crippen molar-refractivity contribution in [2.75, 3.05) is 32.0 Å². The molecule has 1 saturated heterocycles. The minimum atomic E-state index is -0.0525. The van der Waals surface area contributed by atoms with Crippen molar-refractivity contribution in [3.8, 4) is 0 Å². The van der Waals surface area contributed by atoms with Crippen LogP contribution in [0.4, 0.5) is 5.82 Å². The number of nitrogens with two attached hydrogens (primary N) is 1. The molecule has 1 aromatic rings. The summed E-state index contributed by atoms with van der Waals surface area (Å²) in [5, 5.41) is 0. The van der Waals surface area contributed by atoms with Gasteiger partial charge in [-0.05, 0) is 42.5 Å². The minimum absolute atomic E-state index is 0.0525. The predicted molar refractivity (Wildman–Crippen MR) is 79.3 cm³/mol. The molecule has 0 aliphatic carbocycles. The molecule has 0 bridgehead atoms. The van der Waals surface area contributed by atoms with E-state index in [-0.39, 0.29) is 6.10 Å². The lowest BCUT2D eigenvalue weighted by atomic mass is 10.2. The molecule has 0 aromatic carbocycles. The van der Waals surface area contributed by atoms with Crippen LogP contribution < -0.4 is 5.73 Å². The number of aryl methyl sites for hydroxylation is 1. The fourth-order valence-corrected chi connectivity index (χ4v) is 2.37. The number of ether oxygens (including phenoxy) is 1. The lowest BCUT2D eigenvalue weighted by Crippen LogP contribution is -2.39. The van der Waals surface area contributed by atoms with Crippen molar-refractivity contribution < 1.29 is 4.74 Å². The van der Waals surface area contributed by atoms with Crippen LogP contribution in [-0.2, 0) is 4.74 Å². The van der Waals surface area contributed by atoms with Crippen LogP contribution in [-0.4, -0.2) is 41.1 Å². The molecule has 100 valence electrons. The van der Waals surface area contributed by atoms with Crippen LogP contribution in [0.15, 0.2) is 0 Å². The van der Waals surface area contributed by atoms with Crippen molar-refractivity contribution in [1.82, 2.24) is 14.9 Å². The molecule has 2 heterocycles. The number of hydrogen-bond donors (Lipinski definition) is 1. The zero-order valence-corrected chi connectivity index (χ0v) is 13.0. The first kappa shape index (κ1) is 14.0. The number of rotatable bonds is 3. The average Bonchev–Trinajstić information content (AvgIpc) is 2.36. The van der Waals surface area contributed by atoms with E-state index < -0.39 is 0 Å². The van der Waals surface area contributed by atoms with Gasteiger partial charge in [-0.2, -0.15) is 0 Å². The van der Waals surface area contributed by atoms with Crippen LogP contribution in [0, 0.1) is 10.5 Å². The van der Waals surface area contributed by atoms with Crippen LogP contribution in [0.2, 0.25) is 0 Å². The average molecular weight is 362 g/mol. The zero-order chi connectivity index (χ0) is 13.1. The Morgan fingerprint density at radius 3 is 2.94 bits per heavy atom. The van der Waals surface area contributed by atoms with Gasteiger partial charge in [-0.15, -0.1) is 0 Å². The van der Waals surface area contributed by atoms with Crippen LogP contribution in [0.3, 0.4) is 0 Å². The Hall–Kier alpha value is -0.470. The summed E-state index contributed by atoms with van der Waals surface area (Å²) in [6.45, 7) is 7.82. The normalized spacial score (nSPS) is 21.2. The van der Waals surface area contributed by atoms with Crippen LogP contribution >= 0.6 is 22.6 Å². The Kier molecular flexibility index (Phi) is 4.74. The lowest BCUT2D eigenvalue weighted by molar-refractivity contribution is -0.0342. The number of aromatic nitrogens is 2. The molecule has 1 aliphatic heterocycles. The lowest BCUT2D eigenvalue weighted by Gasteiger charge is -2.32. The van der Waals surface area contributed by atoms with E-state index >= 15 is 0 Å². The molecule has 1 aliphatic rings. The molecule has 5 nitrogen and oxygen atoms in total. The van der Waals surface area contributed by atoms with E-state index in [0.29, 0.717) is 11.6 Å². The van der Waals surface area contributed by atoms with Gasteiger partial charge in [0.2, 0.25) is 0 Å². The SMILES string of the molecule is CCCN1CCOC(c2nc(C)c(I)c(N)n2)C1. The van der Waals surface area contributed by atoms with Gasteiger partial charge in [-0.25, -0.2) is 9.97 Å². The summed E-state index contributed by atoms with van der Waals surface area (Å²) in [6, 6.07) is 0. The molecule has 1 unspecified atom stereocenters. The number of morpholine rings is 1. The predicted octanol–water partition coefficient (Wildman–Crippen LogP) is 1.76. The highest BCUT2D eigenvalue weighted by molar-refractivity contribution is 14.1. The van der Waals surface area contributed by atoms with Crippen molar-refractivity contribution in [2.45, 2.75) is 26.4 Å². The molecule has 6 heteroatoms. The van der Waals surface area contributed by atoms with Gasteiger partial charge < -0.3 is 10.5 Å². The van der Waals surface area contributed by atoms with E-state index in [4.69, 9.17) is 10.5 Å². The third kappa shape index (κ3) is 3.10. The standard InChI is InChI=1S/C12H19IN4O/c1-3-4-17-5-6-18-9(7-17)12-15-8(2)10(13)11(14)16-12/h9H,3-7H2,1-2H3,(H2,14,15,16). The minimum Gasteiger partial charge on any atom is -0.383 e. The van der Waals surface area contributed by atoms with E-state index in [1.807, 2.05) is 6.92 Å². The third-order valence-corrected chi connectivity index (χ3v) is 4.37. The first-order valence-corrected chi connectivity index (χ1v) is 7.33. The smallest absolute Gasteiger partial charge is 0.161 e. The number of nitrogen functional groups attached to an aromatic ring is 1. The third-order valence-electron chi connectivity index (χ3n) is 3.04. The first-order valence-electron chi connectivity index (χ1n) is 6.25. The van der Waals surface area contributed by atoms with E-state index in [1.165, 1.54) is 0 Å². The maximum Gasteiger partial charge on any atom is 0.161 e. The Morgan fingerprint density at radius 1 is 1.50 bits per heavy atom. The summed E-state index contributed by atoms with van der Waals surface area (Å²) in [7, 11) is 0. The van der Waals surface area contributed by atoms with Gasteiger partial charge in [0.25, 0.3) is 0 Å². The number of nitrogens with zero attached hydrogens (tertiary/aromatic N) is 3. The molecule has 2 N–H and O–H groups in total. The van der Waals surface area contributed by atoms with Gasteiger partial charge in [0.15, 0.2) is 5.82 Å². The summed E-state index contributed by atoms with van der Waals surface area (Å²) >= 11 is 2.17. The van der Waals surface area contributed by atoms with Gasteiger partial charge in [0.1, 0.15) is 11.9 Å². The van der Waals surface area contributed by atoms with Gasteiger partial charge in [-0.1, -0.05) is 6.92 Å². The molecule has 1 aromatic heterocycles. The topological polar surface area (TPSA) is 64.3 Å².